The summed E-state index contributed by atoms with van der Waals surface area (Å²) < 4.78 is 0. The van der Waals surface area contributed by atoms with Crippen molar-refractivity contribution in [2.75, 3.05) is 18.0 Å². The Bertz CT molecular complexity index is 729. The van der Waals surface area contributed by atoms with Crippen molar-refractivity contribution in [1.82, 2.24) is 4.98 Å². The van der Waals surface area contributed by atoms with E-state index in [2.05, 4.69) is 23.7 Å². The molecule has 0 bridgehead atoms. The zero-order valence-corrected chi connectivity index (χ0v) is 12.8. The third-order valence-electron chi connectivity index (χ3n) is 4.55. The Morgan fingerprint density at radius 3 is 2.82 bits per heavy atom. The zero-order valence-electron chi connectivity index (χ0n) is 12.8. The van der Waals surface area contributed by atoms with Crippen molar-refractivity contribution in [2.24, 2.45) is 11.1 Å². The van der Waals surface area contributed by atoms with Gasteiger partial charge < -0.3 is 10.6 Å². The van der Waals surface area contributed by atoms with Gasteiger partial charge >= 0.3 is 5.69 Å². The van der Waals surface area contributed by atoms with E-state index >= 15 is 0 Å². The lowest BCUT2D eigenvalue weighted by Crippen LogP contribution is -2.52. The van der Waals surface area contributed by atoms with Crippen molar-refractivity contribution in [3.05, 3.63) is 40.6 Å². The van der Waals surface area contributed by atoms with Crippen molar-refractivity contribution >= 4 is 22.3 Å². The minimum absolute atomic E-state index is 0.0602. The second kappa shape index (κ2) is 5.21. The SMILES string of the molecule is CC1(C)CN(c2c([N+](=O)[O-])cnc3ccccc23)CCC1N. The maximum absolute atomic E-state index is 11.4. The van der Waals surface area contributed by atoms with Crippen LogP contribution in [0.3, 0.4) is 0 Å². The highest BCUT2D eigenvalue weighted by molar-refractivity contribution is 5.96. The molecule has 2 aromatic rings. The fourth-order valence-electron chi connectivity index (χ4n) is 3.15. The van der Waals surface area contributed by atoms with Crippen LogP contribution in [0, 0.1) is 15.5 Å². The van der Waals surface area contributed by atoms with E-state index < -0.39 is 0 Å². The van der Waals surface area contributed by atoms with Gasteiger partial charge in [0.2, 0.25) is 0 Å². The van der Waals surface area contributed by atoms with Gasteiger partial charge in [-0.1, -0.05) is 32.0 Å². The van der Waals surface area contributed by atoms with Gasteiger partial charge in [0.15, 0.2) is 0 Å². The van der Waals surface area contributed by atoms with Crippen molar-refractivity contribution < 1.29 is 4.92 Å². The normalized spacial score (nSPS) is 21.0. The largest absolute Gasteiger partial charge is 0.365 e. The molecule has 3 rings (SSSR count). The topological polar surface area (TPSA) is 85.3 Å². The van der Waals surface area contributed by atoms with Crippen LogP contribution in [-0.2, 0) is 0 Å². The molecule has 0 radical (unpaired) electrons. The van der Waals surface area contributed by atoms with Crippen LogP contribution >= 0.6 is 0 Å². The summed E-state index contributed by atoms with van der Waals surface area (Å²) in [5, 5.41) is 12.3. The summed E-state index contributed by atoms with van der Waals surface area (Å²) in [5.41, 5.74) is 7.60. The molecule has 0 aliphatic carbocycles. The summed E-state index contributed by atoms with van der Waals surface area (Å²) in [5.74, 6) is 0. The molecule has 2 N–H and O–H groups in total. The van der Waals surface area contributed by atoms with Crippen LogP contribution in [0.25, 0.3) is 10.9 Å². The summed E-state index contributed by atoms with van der Waals surface area (Å²) in [4.78, 5) is 17.4. The van der Waals surface area contributed by atoms with Crippen molar-refractivity contribution in [1.29, 1.82) is 0 Å². The predicted octanol–water partition coefficient (Wildman–Crippen LogP) is 2.71. The molecular formula is C16H20N4O2. The zero-order chi connectivity index (χ0) is 15.9. The maximum Gasteiger partial charge on any atom is 0.311 e. The average Bonchev–Trinajstić information content (AvgIpc) is 2.48. The molecule has 0 saturated carbocycles. The lowest BCUT2D eigenvalue weighted by molar-refractivity contribution is -0.384. The molecule has 22 heavy (non-hydrogen) atoms. The number of fused-ring (bicyclic) bond motifs is 1. The van der Waals surface area contributed by atoms with Crippen molar-refractivity contribution in [2.45, 2.75) is 26.3 Å². The van der Waals surface area contributed by atoms with Crippen LogP contribution in [0.15, 0.2) is 30.5 Å². The molecule has 2 heterocycles. The second-order valence-electron chi connectivity index (χ2n) is 6.57. The molecule has 1 fully saturated rings. The number of pyridine rings is 1. The molecular weight excluding hydrogens is 280 g/mol. The molecule has 116 valence electrons. The van der Waals surface area contributed by atoms with Gasteiger partial charge in [-0.15, -0.1) is 0 Å². The van der Waals surface area contributed by atoms with Crippen LogP contribution in [0.4, 0.5) is 11.4 Å². The Morgan fingerprint density at radius 1 is 1.41 bits per heavy atom. The molecule has 1 aliphatic heterocycles. The van der Waals surface area contributed by atoms with Gasteiger partial charge in [-0.3, -0.25) is 10.1 Å². The number of aromatic nitrogens is 1. The minimum atomic E-state index is -0.351. The highest BCUT2D eigenvalue weighted by Gasteiger charge is 2.36. The molecule has 1 saturated heterocycles. The number of hydrogen-bond acceptors (Lipinski definition) is 5. The minimum Gasteiger partial charge on any atom is -0.365 e. The van der Waals surface area contributed by atoms with Gasteiger partial charge in [0.05, 0.1) is 10.4 Å². The Balaban J connectivity index is 2.16. The van der Waals surface area contributed by atoms with E-state index in [1.54, 1.807) is 0 Å². The fraction of sp³-hybridized carbons (Fsp3) is 0.438. The first-order chi connectivity index (χ1) is 10.4. The Kier molecular flexibility index (Phi) is 3.48. The van der Waals surface area contributed by atoms with Gasteiger partial charge in [-0.25, -0.2) is 4.98 Å². The Hall–Kier alpha value is -2.21. The highest BCUT2D eigenvalue weighted by Crippen LogP contribution is 2.39. The molecule has 1 atom stereocenters. The van der Waals surface area contributed by atoms with E-state index in [0.717, 1.165) is 23.9 Å². The van der Waals surface area contributed by atoms with Crippen molar-refractivity contribution in [3.8, 4) is 0 Å². The number of nitrogens with two attached hydrogens (primary N) is 1. The highest BCUT2D eigenvalue weighted by atomic mass is 16.6. The van der Waals surface area contributed by atoms with Crippen LogP contribution in [0.2, 0.25) is 0 Å². The van der Waals surface area contributed by atoms with Crippen LogP contribution < -0.4 is 10.6 Å². The predicted molar refractivity (Wildman–Crippen MR) is 87.0 cm³/mol. The third-order valence-corrected chi connectivity index (χ3v) is 4.55. The number of nitrogens with zero attached hydrogens (tertiary/aromatic N) is 3. The standard InChI is InChI=1S/C16H20N4O2/c1-16(2)10-19(8-7-14(16)17)15-11-5-3-4-6-12(11)18-9-13(15)20(21)22/h3-6,9,14H,7-8,10,17H2,1-2H3. The summed E-state index contributed by atoms with van der Waals surface area (Å²) in [7, 11) is 0. The van der Waals surface area contributed by atoms with E-state index in [1.165, 1.54) is 6.20 Å². The first-order valence-corrected chi connectivity index (χ1v) is 7.43. The van der Waals surface area contributed by atoms with E-state index in [9.17, 15) is 10.1 Å². The lowest BCUT2D eigenvalue weighted by Gasteiger charge is -2.43. The van der Waals surface area contributed by atoms with Gasteiger partial charge in [-0.05, 0) is 17.9 Å². The second-order valence-corrected chi connectivity index (χ2v) is 6.57. The first kappa shape index (κ1) is 14.7. The number of hydrogen-bond donors (Lipinski definition) is 1. The van der Waals surface area contributed by atoms with E-state index in [-0.39, 0.29) is 22.1 Å². The molecule has 0 spiro atoms. The van der Waals surface area contributed by atoms with E-state index in [1.807, 2.05) is 24.3 Å². The van der Waals surface area contributed by atoms with Crippen molar-refractivity contribution in [3.63, 3.8) is 0 Å². The Morgan fingerprint density at radius 2 is 2.14 bits per heavy atom. The summed E-state index contributed by atoms with van der Waals surface area (Å²) in [6.07, 6.45) is 2.18. The molecule has 1 aromatic heterocycles. The monoisotopic (exact) mass is 300 g/mol. The van der Waals surface area contributed by atoms with Crippen LogP contribution in [0.5, 0.6) is 0 Å². The number of anilines is 1. The van der Waals surface area contributed by atoms with E-state index in [4.69, 9.17) is 5.73 Å². The smallest absolute Gasteiger partial charge is 0.311 e. The molecule has 0 amide bonds. The average molecular weight is 300 g/mol. The number of nitro groups is 1. The Labute approximate surface area is 129 Å². The molecule has 1 unspecified atom stereocenters. The van der Waals surface area contributed by atoms with Crippen LogP contribution in [0.1, 0.15) is 20.3 Å². The number of rotatable bonds is 2. The summed E-state index contributed by atoms with van der Waals surface area (Å²) in [6.45, 7) is 5.64. The third kappa shape index (κ3) is 2.39. The van der Waals surface area contributed by atoms with Gasteiger partial charge in [0.25, 0.3) is 0 Å². The maximum atomic E-state index is 11.4. The number of piperidine rings is 1. The summed E-state index contributed by atoms with van der Waals surface area (Å²) >= 11 is 0. The van der Waals surface area contributed by atoms with Gasteiger partial charge in [0.1, 0.15) is 11.9 Å². The molecule has 1 aliphatic rings. The molecule has 6 heteroatoms. The van der Waals surface area contributed by atoms with Crippen LogP contribution in [-0.4, -0.2) is 29.0 Å². The summed E-state index contributed by atoms with van der Waals surface area (Å²) in [6, 6.07) is 7.66. The van der Waals surface area contributed by atoms with E-state index in [0.29, 0.717) is 12.2 Å². The molecule has 1 aromatic carbocycles. The number of benzene rings is 1. The van der Waals surface area contributed by atoms with Gasteiger partial charge in [-0.2, -0.15) is 0 Å². The fourth-order valence-corrected chi connectivity index (χ4v) is 3.15. The number of para-hydroxylation sites is 1. The molecule has 6 nitrogen and oxygen atoms in total. The quantitative estimate of drug-likeness (QED) is 0.681. The lowest BCUT2D eigenvalue weighted by atomic mass is 9.79. The first-order valence-electron chi connectivity index (χ1n) is 7.43. The van der Waals surface area contributed by atoms with Gasteiger partial charge in [0, 0.05) is 24.5 Å².